The molecule has 2 aromatic carbocycles. The number of nitrogens with two attached hydrogens (primary N) is 3. The summed E-state index contributed by atoms with van der Waals surface area (Å²) in [6, 6.07) is 1.60. The molecule has 10 amide bonds. The molecule has 5 rings (SSSR count). The highest BCUT2D eigenvalue weighted by Gasteiger charge is 2.39. The van der Waals surface area contributed by atoms with Gasteiger partial charge in [0.1, 0.15) is 54.6 Å². The van der Waals surface area contributed by atoms with Crippen LogP contribution in [0.4, 0.5) is 0 Å². The van der Waals surface area contributed by atoms with Gasteiger partial charge in [-0.15, -0.1) is 0 Å². The molecule has 0 aliphatic carbocycles. The average Bonchev–Trinajstić information content (AvgIpc) is 2.50. The van der Waals surface area contributed by atoms with Crippen LogP contribution in [0.3, 0.4) is 0 Å². The number of phenols is 1. The molecule has 1 aliphatic heterocycles. The Kier molecular flexibility index (Phi) is 25.8. The molecule has 4 aromatic rings. The number of rotatable bonds is 34. The van der Waals surface area contributed by atoms with Gasteiger partial charge in [0.05, 0.1) is 31.2 Å². The number of H-pyrrole nitrogens is 2. The molecule has 31 heteroatoms. The van der Waals surface area contributed by atoms with Crippen molar-refractivity contribution in [3.05, 3.63) is 84.1 Å². The standard InChI is InChI=1S/C55H77N17O14/c1-29(2)19-38(49(81)67-37(9-5-17-61-55(58)59)54(86)72-18-6-10-43(72)53(85)64-26-46(77)78)66-45(76)25-63-48(80)39(20-30-11-13-33(74)14-12-30)69-52(84)42(27-73)71-50(82)40(21-31-23-62-36-8-4-3-7-34(31)36)70-51(83)41(22-32-24-60-28-65-32)68-47(79)35(56)15-16-44(57)75/h3-4,7-8,11-14,23-24,28-29,35,37-43,62,73-74H,5-6,9-10,15-22,25-27,56H2,1-2H3,(H2,57,75)(H,60,65)(H,63,80)(H,64,85)(H,66,76)(H,67,81)(H,68,79)(H,69,84)(H,70,83)(H,71,82)(H,77,78)(H4,58,59,61)/t35-,37-,38-,39-,40-,41-,42-,43-/m0/s1. The van der Waals surface area contributed by atoms with Gasteiger partial charge in [0.25, 0.3) is 0 Å². The van der Waals surface area contributed by atoms with Crippen molar-refractivity contribution in [2.75, 3.05) is 32.8 Å². The lowest BCUT2D eigenvalue weighted by Crippen LogP contribution is -2.60. The summed E-state index contributed by atoms with van der Waals surface area (Å²) < 4.78 is 0. The van der Waals surface area contributed by atoms with Gasteiger partial charge in [-0.2, -0.15) is 0 Å². The number of imidazole rings is 1. The number of aromatic nitrogens is 3. The minimum atomic E-state index is -1.78. The molecule has 0 bridgehead atoms. The number of nitrogens with one attached hydrogen (secondary N) is 12. The number of para-hydroxylation sites is 1. The highest BCUT2D eigenvalue weighted by atomic mass is 16.4. The number of aliphatic hydroxyl groups is 1. The highest BCUT2D eigenvalue weighted by Crippen LogP contribution is 2.22. The summed E-state index contributed by atoms with van der Waals surface area (Å²) in [7, 11) is 0. The Morgan fingerprint density at radius 3 is 1.99 bits per heavy atom. The van der Waals surface area contributed by atoms with Gasteiger partial charge in [0, 0.05) is 62.1 Å². The van der Waals surface area contributed by atoms with E-state index < -0.39 is 133 Å². The number of nitrogens with zero attached hydrogens (tertiary/aromatic N) is 2. The van der Waals surface area contributed by atoms with Crippen LogP contribution >= 0.6 is 0 Å². The molecule has 3 heterocycles. The minimum Gasteiger partial charge on any atom is -0.508 e. The number of aromatic amines is 2. The van der Waals surface area contributed by atoms with Crippen LogP contribution in [0.2, 0.25) is 0 Å². The third kappa shape index (κ3) is 21.2. The lowest BCUT2D eigenvalue weighted by Gasteiger charge is -2.30. The number of carbonyl (C=O) groups excluding carboxylic acids is 10. The number of likely N-dealkylation sites (tertiary alicyclic amines) is 1. The first-order valence-corrected chi connectivity index (χ1v) is 27.8. The number of aliphatic carboxylic acids is 1. The predicted octanol–water partition coefficient (Wildman–Crippen LogP) is -4.26. The molecular weight excluding hydrogens is 1120 g/mol. The Labute approximate surface area is 493 Å². The molecule has 86 heavy (non-hydrogen) atoms. The van der Waals surface area contributed by atoms with Crippen LogP contribution < -0.4 is 65.1 Å². The number of guanidine groups is 1. The van der Waals surface area contributed by atoms with Crippen molar-refractivity contribution in [1.82, 2.24) is 67.7 Å². The van der Waals surface area contributed by atoms with Gasteiger partial charge < -0.3 is 95.2 Å². The Morgan fingerprint density at radius 2 is 1.35 bits per heavy atom. The molecule has 8 atom stereocenters. The largest absolute Gasteiger partial charge is 0.508 e. The number of primary amides is 1. The van der Waals surface area contributed by atoms with Crippen LogP contribution in [0, 0.1) is 11.3 Å². The second-order valence-corrected chi connectivity index (χ2v) is 21.1. The number of phenolic OH excluding ortho intramolecular Hbond substituents is 1. The van der Waals surface area contributed by atoms with Crippen molar-refractivity contribution in [1.29, 1.82) is 5.41 Å². The molecule has 1 aliphatic rings. The van der Waals surface area contributed by atoms with Gasteiger partial charge in [-0.05, 0) is 73.8 Å². The molecule has 0 spiro atoms. The first-order valence-electron chi connectivity index (χ1n) is 27.8. The topological polar surface area (TPSA) is 506 Å². The van der Waals surface area contributed by atoms with E-state index in [9.17, 15) is 63.0 Å². The maximum Gasteiger partial charge on any atom is 0.322 e. The van der Waals surface area contributed by atoms with Crippen LogP contribution in [-0.2, 0) is 72.0 Å². The quantitative estimate of drug-likeness (QED) is 0.0120. The lowest BCUT2D eigenvalue weighted by molar-refractivity contribution is -0.143. The maximum atomic E-state index is 14.4. The van der Waals surface area contributed by atoms with E-state index in [1.165, 1.54) is 41.7 Å². The van der Waals surface area contributed by atoms with Gasteiger partial charge in [-0.1, -0.05) is 44.2 Å². The van der Waals surface area contributed by atoms with Gasteiger partial charge in [0.15, 0.2) is 5.96 Å². The van der Waals surface area contributed by atoms with E-state index in [-0.39, 0.29) is 88.5 Å². The van der Waals surface area contributed by atoms with E-state index in [1.54, 1.807) is 44.3 Å². The van der Waals surface area contributed by atoms with Crippen molar-refractivity contribution < 1.29 is 68.1 Å². The zero-order valence-corrected chi connectivity index (χ0v) is 47.6. The van der Waals surface area contributed by atoms with Crippen molar-refractivity contribution in [3.8, 4) is 5.75 Å². The number of aromatic hydroxyl groups is 1. The number of aliphatic hydroxyl groups excluding tert-OH is 1. The summed E-state index contributed by atoms with van der Waals surface area (Å²) >= 11 is 0. The predicted molar refractivity (Wildman–Crippen MR) is 308 cm³/mol. The van der Waals surface area contributed by atoms with Crippen molar-refractivity contribution in [2.45, 2.75) is 126 Å². The molecule has 0 saturated carbocycles. The van der Waals surface area contributed by atoms with E-state index in [4.69, 9.17) is 27.7 Å². The molecule has 0 unspecified atom stereocenters. The molecular formula is C55H77N17O14. The number of amides is 10. The number of hydrogen-bond donors (Lipinski definition) is 18. The number of fused-ring (bicyclic) bond motifs is 1. The number of carbonyl (C=O) groups is 11. The number of carboxylic acid groups (broad SMARTS) is 1. The van der Waals surface area contributed by atoms with Crippen molar-refractivity contribution in [3.63, 3.8) is 0 Å². The fourth-order valence-electron chi connectivity index (χ4n) is 9.43. The van der Waals surface area contributed by atoms with Gasteiger partial charge >= 0.3 is 5.97 Å². The number of hydrogen-bond acceptors (Lipinski definition) is 16. The van der Waals surface area contributed by atoms with Crippen LogP contribution in [0.5, 0.6) is 5.75 Å². The van der Waals surface area contributed by atoms with Crippen molar-refractivity contribution >= 4 is 81.9 Å². The summed E-state index contributed by atoms with van der Waals surface area (Å²) in [5, 5.41) is 60.7. The Balaban J connectivity index is 1.32. The third-order valence-corrected chi connectivity index (χ3v) is 13.8. The number of carboxylic acids is 1. The minimum absolute atomic E-state index is 0.00646. The Morgan fingerprint density at radius 1 is 0.721 bits per heavy atom. The van der Waals surface area contributed by atoms with Crippen molar-refractivity contribution in [2.24, 2.45) is 23.1 Å². The maximum absolute atomic E-state index is 14.4. The first-order chi connectivity index (χ1) is 40.9. The van der Waals surface area contributed by atoms with E-state index >= 15 is 0 Å². The zero-order chi connectivity index (χ0) is 63.0. The second kappa shape index (κ2) is 33.0. The summed E-state index contributed by atoms with van der Waals surface area (Å²) in [5.74, 6) is -10.4. The summed E-state index contributed by atoms with van der Waals surface area (Å²) in [4.78, 5) is 159. The first kappa shape index (κ1) is 67.1. The number of benzene rings is 2. The van der Waals surface area contributed by atoms with E-state index in [0.29, 0.717) is 34.1 Å². The highest BCUT2D eigenvalue weighted by molar-refractivity contribution is 5.98. The fraction of sp³-hybridized carbons (Fsp3) is 0.473. The monoisotopic (exact) mass is 1200 g/mol. The molecule has 21 N–H and O–H groups in total. The van der Waals surface area contributed by atoms with E-state index in [1.807, 2.05) is 0 Å². The molecule has 1 saturated heterocycles. The summed E-state index contributed by atoms with van der Waals surface area (Å²) in [5.41, 5.74) is 18.7. The van der Waals surface area contributed by atoms with Gasteiger partial charge in [-0.25, -0.2) is 4.98 Å². The lowest BCUT2D eigenvalue weighted by atomic mass is 10.0. The smallest absolute Gasteiger partial charge is 0.322 e. The summed E-state index contributed by atoms with van der Waals surface area (Å²) in [6.45, 7) is 1.32. The molecule has 2 aromatic heterocycles. The Hall–Kier alpha value is -9.65. The van der Waals surface area contributed by atoms with E-state index in [2.05, 4.69) is 62.8 Å². The Bertz CT molecular complexity index is 3030. The summed E-state index contributed by atoms with van der Waals surface area (Å²) in [6.07, 6.45) is 4.30. The van der Waals surface area contributed by atoms with Crippen LogP contribution in [0.15, 0.2) is 67.3 Å². The second-order valence-electron chi connectivity index (χ2n) is 21.1. The molecule has 0 radical (unpaired) electrons. The van der Waals surface area contributed by atoms with Crippen LogP contribution in [-0.4, -0.2) is 187 Å². The molecule has 466 valence electrons. The van der Waals surface area contributed by atoms with Gasteiger partial charge in [-0.3, -0.25) is 58.1 Å². The van der Waals surface area contributed by atoms with E-state index in [0.717, 1.165) is 0 Å². The molecule has 31 nitrogen and oxygen atoms in total. The SMILES string of the molecule is CC(C)C[C@H](NC(=O)CNC(=O)[C@H](Cc1ccc(O)cc1)NC(=O)[C@H](CO)NC(=O)[C@H](Cc1c[nH]c2ccccc12)NC(=O)[C@H](Cc1c[nH]cn1)NC(=O)[C@@H](N)CCC(N)=O)C(=O)N[C@@H](CCCNC(=N)N)C(=O)N1CCC[C@H]1C(=O)NCC(=O)O. The van der Waals surface area contributed by atoms with Crippen LogP contribution in [0.1, 0.15) is 75.6 Å². The molecule has 1 fully saturated rings. The fourth-order valence-corrected chi connectivity index (χ4v) is 9.43. The third-order valence-electron chi connectivity index (χ3n) is 13.8. The van der Waals surface area contributed by atoms with Gasteiger partial charge in [0.2, 0.25) is 59.1 Å². The van der Waals surface area contributed by atoms with Crippen LogP contribution in [0.25, 0.3) is 10.9 Å². The zero-order valence-electron chi connectivity index (χ0n) is 47.6. The normalized spacial score (nSPS) is 15.3. The average molecular weight is 1200 g/mol.